The average molecular weight is 456 g/mol. The van der Waals surface area contributed by atoms with Gasteiger partial charge in [0.1, 0.15) is 0 Å². The highest BCUT2D eigenvalue weighted by molar-refractivity contribution is 7.99. The molecular weight excluding hydrogens is 429 g/mol. The van der Waals surface area contributed by atoms with Gasteiger partial charge in [-0.15, -0.1) is 0 Å². The van der Waals surface area contributed by atoms with Crippen LogP contribution < -0.4 is 0 Å². The third-order valence-electron chi connectivity index (χ3n) is 5.27. The molecule has 2 saturated heterocycles. The second-order valence-electron chi connectivity index (χ2n) is 7.27. The van der Waals surface area contributed by atoms with Crippen molar-refractivity contribution >= 4 is 52.9 Å². The summed E-state index contributed by atoms with van der Waals surface area (Å²) in [5.74, 6) is 2.46. The average Bonchev–Trinajstić information content (AvgIpc) is 2.91. The summed E-state index contributed by atoms with van der Waals surface area (Å²) >= 11 is 13.9. The minimum atomic E-state index is -0.0865. The molecule has 158 valence electrons. The second kappa shape index (κ2) is 11.3. The zero-order valence-electron chi connectivity index (χ0n) is 16.5. The smallest absolute Gasteiger partial charge is 0.246 e. The highest BCUT2D eigenvalue weighted by Crippen LogP contribution is 2.23. The number of thioether (sulfide) groups is 1. The number of rotatable bonds is 6. The fraction of sp³-hybridized carbons (Fsp3) is 0.524. The van der Waals surface area contributed by atoms with E-state index in [-0.39, 0.29) is 11.8 Å². The number of carbonyl (C=O) groups excluding carboxylic acids is 2. The summed E-state index contributed by atoms with van der Waals surface area (Å²) in [7, 11) is 0. The molecule has 1 aromatic rings. The highest BCUT2D eigenvalue weighted by atomic mass is 35.5. The van der Waals surface area contributed by atoms with Crippen LogP contribution in [0, 0.1) is 0 Å². The van der Waals surface area contributed by atoms with Gasteiger partial charge < -0.3 is 14.7 Å². The van der Waals surface area contributed by atoms with Crippen molar-refractivity contribution in [3.05, 3.63) is 39.9 Å². The number of benzene rings is 1. The van der Waals surface area contributed by atoms with Crippen molar-refractivity contribution in [1.82, 2.24) is 14.7 Å². The molecule has 3 rings (SSSR count). The van der Waals surface area contributed by atoms with E-state index in [0.29, 0.717) is 36.1 Å². The van der Waals surface area contributed by atoms with Gasteiger partial charge in [-0.05, 0) is 36.7 Å². The summed E-state index contributed by atoms with van der Waals surface area (Å²) in [5, 5.41) is 0.945. The summed E-state index contributed by atoms with van der Waals surface area (Å²) in [6.07, 6.45) is 4.63. The lowest BCUT2D eigenvalue weighted by Crippen LogP contribution is -2.38. The Hall–Kier alpha value is -1.21. The molecule has 5 nitrogen and oxygen atoms in total. The third kappa shape index (κ3) is 6.92. The van der Waals surface area contributed by atoms with Crippen LogP contribution in [0.3, 0.4) is 0 Å². The van der Waals surface area contributed by atoms with E-state index in [1.54, 1.807) is 23.1 Å². The van der Waals surface area contributed by atoms with Gasteiger partial charge in [-0.3, -0.25) is 9.59 Å². The van der Waals surface area contributed by atoms with E-state index in [1.807, 2.05) is 22.7 Å². The van der Waals surface area contributed by atoms with Crippen LogP contribution in [0.1, 0.15) is 18.4 Å². The Kier molecular flexibility index (Phi) is 8.72. The third-order valence-corrected chi connectivity index (χ3v) is 6.95. The van der Waals surface area contributed by atoms with Gasteiger partial charge in [0.15, 0.2) is 0 Å². The fourth-order valence-corrected chi connectivity index (χ4v) is 4.81. The summed E-state index contributed by atoms with van der Waals surface area (Å²) in [6.45, 7) is 5.72. The first-order valence-electron chi connectivity index (χ1n) is 10.0. The van der Waals surface area contributed by atoms with E-state index < -0.39 is 0 Å². The van der Waals surface area contributed by atoms with Gasteiger partial charge in [-0.2, -0.15) is 11.8 Å². The number of hydrogen-bond acceptors (Lipinski definition) is 4. The Morgan fingerprint density at radius 1 is 1.03 bits per heavy atom. The van der Waals surface area contributed by atoms with Crippen LogP contribution in [0.25, 0.3) is 6.08 Å². The molecule has 2 amide bonds. The summed E-state index contributed by atoms with van der Waals surface area (Å²) < 4.78 is 0. The Balaban J connectivity index is 1.47. The van der Waals surface area contributed by atoms with Gasteiger partial charge in [0.05, 0.1) is 10.0 Å². The lowest BCUT2D eigenvalue weighted by molar-refractivity contribution is -0.130. The van der Waals surface area contributed by atoms with Crippen LogP contribution in [0.2, 0.25) is 10.0 Å². The quantitative estimate of drug-likeness (QED) is 0.615. The highest BCUT2D eigenvalue weighted by Gasteiger charge is 2.22. The van der Waals surface area contributed by atoms with E-state index >= 15 is 0 Å². The van der Waals surface area contributed by atoms with Crippen LogP contribution >= 0.6 is 35.0 Å². The number of nitrogens with zero attached hydrogens (tertiary/aromatic N) is 3. The summed E-state index contributed by atoms with van der Waals surface area (Å²) in [5.41, 5.74) is 0.816. The molecule has 0 aliphatic carbocycles. The van der Waals surface area contributed by atoms with Crippen LogP contribution in [-0.2, 0) is 9.59 Å². The molecule has 2 aliphatic heterocycles. The number of hydrogen-bond donors (Lipinski definition) is 0. The molecule has 2 aliphatic rings. The number of carbonyl (C=O) groups is 2. The van der Waals surface area contributed by atoms with Crippen LogP contribution in [0.4, 0.5) is 0 Å². The van der Waals surface area contributed by atoms with E-state index in [4.69, 9.17) is 23.2 Å². The first-order chi connectivity index (χ1) is 14.0. The minimum absolute atomic E-state index is 0.0865. The summed E-state index contributed by atoms with van der Waals surface area (Å²) in [4.78, 5) is 31.1. The van der Waals surface area contributed by atoms with Gasteiger partial charge >= 0.3 is 0 Å². The molecule has 0 bridgehead atoms. The molecule has 0 unspecified atom stereocenters. The van der Waals surface area contributed by atoms with Crippen molar-refractivity contribution in [2.45, 2.75) is 12.8 Å². The summed E-state index contributed by atoms with van der Waals surface area (Å²) in [6, 6.07) is 5.24. The first kappa shape index (κ1) is 22.5. The minimum Gasteiger partial charge on any atom is -0.341 e. The van der Waals surface area contributed by atoms with E-state index in [2.05, 4.69) is 4.90 Å². The molecule has 29 heavy (non-hydrogen) atoms. The van der Waals surface area contributed by atoms with Crippen molar-refractivity contribution in [1.29, 1.82) is 0 Å². The maximum absolute atomic E-state index is 12.6. The topological polar surface area (TPSA) is 43.9 Å². The van der Waals surface area contributed by atoms with Crippen molar-refractivity contribution in [3.8, 4) is 0 Å². The van der Waals surface area contributed by atoms with Crippen molar-refractivity contribution < 1.29 is 9.59 Å². The maximum Gasteiger partial charge on any atom is 0.246 e. The van der Waals surface area contributed by atoms with E-state index in [1.165, 1.54) is 17.6 Å². The molecule has 0 saturated carbocycles. The van der Waals surface area contributed by atoms with Crippen molar-refractivity contribution in [2.24, 2.45) is 0 Å². The Labute approximate surface area is 187 Å². The number of halogens is 2. The second-order valence-corrected chi connectivity index (χ2v) is 9.31. The molecule has 8 heteroatoms. The largest absolute Gasteiger partial charge is 0.341 e. The Bertz CT molecular complexity index is 753. The van der Waals surface area contributed by atoms with Gasteiger partial charge in [-0.1, -0.05) is 29.3 Å². The van der Waals surface area contributed by atoms with Gasteiger partial charge in [0, 0.05) is 63.3 Å². The standard InChI is InChI=1S/C21H27Cl2N3O2S/c22-18-4-2-17(16-19(18)23)3-5-20(27)26-9-6-21(28)25(10-11-26)8-1-7-24-12-14-29-15-13-24/h2-5,16H,1,6-15H2/b5-3+. The molecule has 0 N–H and O–H groups in total. The van der Waals surface area contributed by atoms with Crippen LogP contribution in [-0.4, -0.2) is 83.8 Å². The van der Waals surface area contributed by atoms with Gasteiger partial charge in [0.25, 0.3) is 0 Å². The van der Waals surface area contributed by atoms with E-state index in [0.717, 1.165) is 38.2 Å². The lowest BCUT2D eigenvalue weighted by atomic mass is 10.2. The van der Waals surface area contributed by atoms with Crippen molar-refractivity contribution in [2.75, 3.05) is 57.3 Å². The number of amides is 2. The molecule has 1 aromatic carbocycles. The van der Waals surface area contributed by atoms with Crippen LogP contribution in [0.15, 0.2) is 24.3 Å². The van der Waals surface area contributed by atoms with Gasteiger partial charge in [0.2, 0.25) is 11.8 Å². The lowest BCUT2D eigenvalue weighted by Gasteiger charge is -2.27. The zero-order valence-corrected chi connectivity index (χ0v) is 18.8. The van der Waals surface area contributed by atoms with Crippen molar-refractivity contribution in [3.63, 3.8) is 0 Å². The molecular formula is C21H27Cl2N3O2S. The van der Waals surface area contributed by atoms with Crippen LogP contribution in [0.5, 0.6) is 0 Å². The first-order valence-corrected chi connectivity index (χ1v) is 11.9. The van der Waals surface area contributed by atoms with Gasteiger partial charge in [-0.25, -0.2) is 0 Å². The molecule has 0 aromatic heterocycles. The Morgan fingerprint density at radius 2 is 1.83 bits per heavy atom. The maximum atomic E-state index is 12.6. The predicted octanol–water partition coefficient (Wildman–Crippen LogP) is 3.51. The van der Waals surface area contributed by atoms with E-state index in [9.17, 15) is 9.59 Å². The monoisotopic (exact) mass is 455 g/mol. The zero-order chi connectivity index (χ0) is 20.6. The molecule has 0 atom stereocenters. The molecule has 0 radical (unpaired) electrons. The molecule has 0 spiro atoms. The SMILES string of the molecule is O=C(/C=C/c1ccc(Cl)c(Cl)c1)N1CCC(=O)N(CCCN2CCSCC2)CC1. The fourth-order valence-electron chi connectivity index (χ4n) is 3.52. The normalized spacial score (nSPS) is 19.0. The Morgan fingerprint density at radius 3 is 2.59 bits per heavy atom. The predicted molar refractivity (Wildman–Crippen MR) is 122 cm³/mol. The molecule has 2 fully saturated rings. The molecule has 2 heterocycles.